The van der Waals surface area contributed by atoms with Gasteiger partial charge in [-0.15, -0.1) is 0 Å². The molecule has 2 aromatic rings. The Balaban J connectivity index is 2.33. The smallest absolute Gasteiger partial charge is 0.243 e. The molecule has 0 amide bonds. The van der Waals surface area contributed by atoms with Crippen molar-refractivity contribution in [3.8, 4) is 0 Å². The number of hydrogen-bond donors (Lipinski definition) is 1. The van der Waals surface area contributed by atoms with Crippen LogP contribution in [0.5, 0.6) is 0 Å². The van der Waals surface area contributed by atoms with Gasteiger partial charge in [-0.05, 0) is 30.2 Å². The second-order valence-electron chi connectivity index (χ2n) is 4.89. The number of benzene rings is 2. The van der Waals surface area contributed by atoms with Gasteiger partial charge in [0.15, 0.2) is 0 Å². The molecule has 0 heterocycles. The summed E-state index contributed by atoms with van der Waals surface area (Å²) in [6.07, 6.45) is 0. The summed E-state index contributed by atoms with van der Waals surface area (Å²) in [4.78, 5) is 0.153. The van der Waals surface area contributed by atoms with Crippen molar-refractivity contribution in [3.05, 3.63) is 58.6 Å². The van der Waals surface area contributed by atoms with Crippen LogP contribution in [0.4, 0.5) is 5.69 Å². The molecule has 0 radical (unpaired) electrons. The minimum absolute atomic E-state index is 0.153. The van der Waals surface area contributed by atoms with Gasteiger partial charge in [0.25, 0.3) is 0 Å². The van der Waals surface area contributed by atoms with E-state index in [2.05, 4.69) is 0 Å². The fourth-order valence-corrected chi connectivity index (χ4v) is 3.41. The molecule has 112 valence electrons. The average Bonchev–Trinajstić information content (AvgIpc) is 2.45. The van der Waals surface area contributed by atoms with Gasteiger partial charge in [0, 0.05) is 13.6 Å². The monoisotopic (exact) mass is 324 g/mol. The predicted molar refractivity (Wildman–Crippen MR) is 85.7 cm³/mol. The largest absolute Gasteiger partial charge is 0.397 e. The number of anilines is 1. The first-order chi connectivity index (χ1) is 9.82. The van der Waals surface area contributed by atoms with Gasteiger partial charge < -0.3 is 5.73 Å². The molecule has 2 N–H and O–H groups in total. The second-order valence-corrected chi connectivity index (χ2v) is 7.31. The molecule has 0 aromatic heterocycles. The van der Waals surface area contributed by atoms with Crippen molar-refractivity contribution in [2.75, 3.05) is 12.8 Å². The first-order valence-electron chi connectivity index (χ1n) is 6.38. The number of rotatable bonds is 4. The molecule has 2 rings (SSSR count). The van der Waals surface area contributed by atoms with Crippen molar-refractivity contribution in [1.29, 1.82) is 0 Å². The van der Waals surface area contributed by atoms with Crippen LogP contribution in [0.25, 0.3) is 0 Å². The Morgan fingerprint density at radius 3 is 2.38 bits per heavy atom. The van der Waals surface area contributed by atoms with Crippen LogP contribution in [0.3, 0.4) is 0 Å². The highest BCUT2D eigenvalue weighted by Crippen LogP contribution is 2.28. The van der Waals surface area contributed by atoms with Gasteiger partial charge in [0.05, 0.1) is 15.6 Å². The number of nitrogens with two attached hydrogens (primary N) is 1. The van der Waals surface area contributed by atoms with Gasteiger partial charge in [0.2, 0.25) is 10.0 Å². The molecule has 0 unspecified atom stereocenters. The number of nitrogen functional groups attached to an aromatic ring is 1. The van der Waals surface area contributed by atoms with Crippen LogP contribution in [0.1, 0.15) is 11.1 Å². The maximum atomic E-state index is 12.6. The fourth-order valence-electron chi connectivity index (χ4n) is 2.02. The molecule has 0 bridgehead atoms. The molecule has 0 spiro atoms. The zero-order valence-electron chi connectivity index (χ0n) is 11.9. The van der Waals surface area contributed by atoms with Crippen LogP contribution in [0.15, 0.2) is 47.4 Å². The summed E-state index contributed by atoms with van der Waals surface area (Å²) in [6, 6.07) is 12.3. The maximum Gasteiger partial charge on any atom is 0.243 e. The van der Waals surface area contributed by atoms with E-state index < -0.39 is 10.0 Å². The van der Waals surface area contributed by atoms with Crippen molar-refractivity contribution >= 4 is 27.3 Å². The first kappa shape index (κ1) is 15.8. The summed E-state index contributed by atoms with van der Waals surface area (Å²) in [5.41, 5.74) is 7.58. The van der Waals surface area contributed by atoms with Crippen LogP contribution in [-0.4, -0.2) is 19.8 Å². The number of hydrogen-bond acceptors (Lipinski definition) is 3. The Hall–Kier alpha value is -1.56. The Bertz CT molecular complexity index is 723. The number of sulfonamides is 1. The van der Waals surface area contributed by atoms with Crippen molar-refractivity contribution in [3.63, 3.8) is 0 Å². The summed E-state index contributed by atoms with van der Waals surface area (Å²) in [5, 5.41) is 0.389. The Labute approximate surface area is 130 Å². The summed E-state index contributed by atoms with van der Waals surface area (Å²) in [6.45, 7) is 2.03. The molecule has 21 heavy (non-hydrogen) atoms. The molecule has 0 atom stereocenters. The lowest BCUT2D eigenvalue weighted by Gasteiger charge is -2.18. The molecule has 0 aliphatic rings. The fraction of sp³-hybridized carbons (Fsp3) is 0.200. The molecule has 6 heteroatoms. The third-order valence-corrected chi connectivity index (χ3v) is 5.51. The predicted octanol–water partition coefficient (Wildman–Crippen LogP) is 3.05. The normalized spacial score (nSPS) is 11.8. The van der Waals surface area contributed by atoms with E-state index in [0.29, 0.717) is 17.1 Å². The quantitative estimate of drug-likeness (QED) is 0.879. The van der Waals surface area contributed by atoms with E-state index in [-0.39, 0.29) is 10.6 Å². The molecular weight excluding hydrogens is 308 g/mol. The van der Waals surface area contributed by atoms with Crippen LogP contribution in [0, 0.1) is 6.92 Å². The van der Waals surface area contributed by atoms with Crippen molar-refractivity contribution in [2.24, 2.45) is 0 Å². The van der Waals surface area contributed by atoms with Gasteiger partial charge in [-0.3, -0.25) is 0 Å². The van der Waals surface area contributed by atoms with Gasteiger partial charge in [-0.1, -0.05) is 41.9 Å². The van der Waals surface area contributed by atoms with Crippen molar-refractivity contribution in [1.82, 2.24) is 4.31 Å². The lowest BCUT2D eigenvalue weighted by Crippen LogP contribution is -2.26. The molecule has 4 nitrogen and oxygen atoms in total. The molecule has 0 saturated heterocycles. The minimum atomic E-state index is -3.60. The summed E-state index contributed by atoms with van der Waals surface area (Å²) < 4.78 is 26.5. The standard InChI is InChI=1S/C15H17ClN2O2S/c1-11-8-13(9-14(17)15(11)16)21(19,20)18(2)10-12-6-4-3-5-7-12/h3-9H,10,17H2,1-2H3. The average molecular weight is 325 g/mol. The Morgan fingerprint density at radius 1 is 1.19 bits per heavy atom. The van der Waals surface area contributed by atoms with Crippen LogP contribution >= 0.6 is 11.6 Å². The van der Waals surface area contributed by atoms with E-state index >= 15 is 0 Å². The molecule has 0 aliphatic heterocycles. The second kappa shape index (κ2) is 6.05. The SMILES string of the molecule is Cc1cc(S(=O)(=O)N(C)Cc2ccccc2)cc(N)c1Cl. The van der Waals surface area contributed by atoms with E-state index in [1.807, 2.05) is 30.3 Å². The van der Waals surface area contributed by atoms with Gasteiger partial charge in [-0.2, -0.15) is 4.31 Å². The highest BCUT2D eigenvalue weighted by atomic mass is 35.5. The van der Waals surface area contributed by atoms with Crippen molar-refractivity contribution < 1.29 is 8.42 Å². The van der Waals surface area contributed by atoms with E-state index in [9.17, 15) is 8.42 Å². The highest BCUT2D eigenvalue weighted by Gasteiger charge is 2.22. The minimum Gasteiger partial charge on any atom is -0.397 e. The first-order valence-corrected chi connectivity index (χ1v) is 8.20. The van der Waals surface area contributed by atoms with E-state index in [0.717, 1.165) is 5.56 Å². The molecule has 0 aliphatic carbocycles. The van der Waals surface area contributed by atoms with E-state index in [4.69, 9.17) is 17.3 Å². The third-order valence-electron chi connectivity index (χ3n) is 3.21. The summed E-state index contributed by atoms with van der Waals surface area (Å²) in [5.74, 6) is 0. The Kier molecular flexibility index (Phi) is 4.56. The van der Waals surface area contributed by atoms with Crippen LogP contribution < -0.4 is 5.73 Å². The molecular formula is C15H17ClN2O2S. The van der Waals surface area contributed by atoms with Gasteiger partial charge >= 0.3 is 0 Å². The zero-order valence-corrected chi connectivity index (χ0v) is 13.4. The number of halogens is 1. The van der Waals surface area contributed by atoms with Crippen LogP contribution in [-0.2, 0) is 16.6 Å². The van der Waals surface area contributed by atoms with Crippen LogP contribution in [0.2, 0.25) is 5.02 Å². The number of nitrogens with zero attached hydrogens (tertiary/aromatic N) is 1. The molecule has 0 fully saturated rings. The zero-order chi connectivity index (χ0) is 15.6. The third kappa shape index (κ3) is 3.37. The van der Waals surface area contributed by atoms with E-state index in [1.165, 1.54) is 16.4 Å². The topological polar surface area (TPSA) is 63.4 Å². The highest BCUT2D eigenvalue weighted by molar-refractivity contribution is 7.89. The Morgan fingerprint density at radius 2 is 1.81 bits per heavy atom. The maximum absolute atomic E-state index is 12.6. The lowest BCUT2D eigenvalue weighted by atomic mass is 10.2. The summed E-state index contributed by atoms with van der Waals surface area (Å²) in [7, 11) is -2.06. The van der Waals surface area contributed by atoms with Gasteiger partial charge in [0.1, 0.15) is 0 Å². The van der Waals surface area contributed by atoms with Gasteiger partial charge in [-0.25, -0.2) is 8.42 Å². The number of aryl methyl sites for hydroxylation is 1. The molecule has 0 saturated carbocycles. The van der Waals surface area contributed by atoms with Crippen molar-refractivity contribution in [2.45, 2.75) is 18.4 Å². The summed E-state index contributed by atoms with van der Waals surface area (Å²) >= 11 is 5.98. The lowest BCUT2D eigenvalue weighted by molar-refractivity contribution is 0.466. The van der Waals surface area contributed by atoms with E-state index in [1.54, 1.807) is 14.0 Å². The molecule has 2 aromatic carbocycles.